The quantitative estimate of drug-likeness (QED) is 0.879. The summed E-state index contributed by atoms with van der Waals surface area (Å²) in [5, 5.41) is 7.10. The summed E-state index contributed by atoms with van der Waals surface area (Å²) < 4.78 is 0. The molecule has 2 aliphatic rings. The van der Waals surface area contributed by atoms with Crippen molar-refractivity contribution >= 4 is 22.8 Å². The summed E-state index contributed by atoms with van der Waals surface area (Å²) in [6, 6.07) is 13.2. The van der Waals surface area contributed by atoms with Crippen molar-refractivity contribution < 1.29 is 4.79 Å². The van der Waals surface area contributed by atoms with Gasteiger partial charge in [0.15, 0.2) is 5.17 Å². The lowest BCUT2D eigenvalue weighted by Crippen LogP contribution is -2.42. The van der Waals surface area contributed by atoms with Crippen molar-refractivity contribution in [1.82, 2.24) is 15.6 Å². The molecule has 2 N–H and O–H groups in total. The second-order valence-electron chi connectivity index (χ2n) is 6.04. The standard InChI is InChI=1S/C18H18N4OS/c23-16(13-5-2-1-3-6-13)21-17-22-18(14-7-4-8-19-9-14)12-20-10-15(18)11-24-17/h1-9,15,20H,10-12H2,(H,21,22,23). The van der Waals surface area contributed by atoms with Gasteiger partial charge in [-0.1, -0.05) is 36.0 Å². The molecule has 0 spiro atoms. The Labute approximate surface area is 145 Å². The van der Waals surface area contributed by atoms with E-state index in [0.717, 1.165) is 24.4 Å². The number of hydrogen-bond donors (Lipinski definition) is 2. The molecule has 0 bridgehead atoms. The number of amidine groups is 1. The van der Waals surface area contributed by atoms with Crippen molar-refractivity contribution in [3.05, 3.63) is 66.0 Å². The first kappa shape index (κ1) is 15.4. The normalized spacial score (nSPS) is 25.7. The molecule has 0 aliphatic carbocycles. The molecule has 1 amide bonds. The minimum Gasteiger partial charge on any atom is -0.314 e. The topological polar surface area (TPSA) is 66.4 Å². The number of nitrogens with zero attached hydrogens (tertiary/aromatic N) is 2. The van der Waals surface area contributed by atoms with E-state index in [1.807, 2.05) is 30.5 Å². The Kier molecular flexibility index (Phi) is 4.08. The highest BCUT2D eigenvalue weighted by atomic mass is 32.2. The first-order chi connectivity index (χ1) is 11.8. The predicted molar refractivity (Wildman–Crippen MR) is 96.1 cm³/mol. The van der Waals surface area contributed by atoms with Gasteiger partial charge in [-0.05, 0) is 23.8 Å². The zero-order valence-electron chi connectivity index (χ0n) is 13.1. The Morgan fingerprint density at radius 1 is 1.25 bits per heavy atom. The summed E-state index contributed by atoms with van der Waals surface area (Å²) in [6.07, 6.45) is 3.66. The molecule has 5 nitrogen and oxygen atoms in total. The van der Waals surface area contributed by atoms with Crippen LogP contribution < -0.4 is 10.6 Å². The van der Waals surface area contributed by atoms with Gasteiger partial charge in [0.25, 0.3) is 5.91 Å². The van der Waals surface area contributed by atoms with E-state index in [-0.39, 0.29) is 11.4 Å². The number of aliphatic imine (C=N–C) groups is 1. The lowest BCUT2D eigenvalue weighted by atomic mass is 9.83. The number of fused-ring (bicyclic) bond motifs is 1. The minimum absolute atomic E-state index is 0.118. The lowest BCUT2D eigenvalue weighted by molar-refractivity contribution is 0.0977. The summed E-state index contributed by atoms with van der Waals surface area (Å²) in [4.78, 5) is 21.6. The van der Waals surface area contributed by atoms with Crippen LogP contribution in [0.4, 0.5) is 0 Å². The number of amides is 1. The van der Waals surface area contributed by atoms with Crippen LogP contribution >= 0.6 is 11.8 Å². The molecule has 2 aromatic rings. The molecule has 1 aromatic heterocycles. The first-order valence-electron chi connectivity index (χ1n) is 7.98. The van der Waals surface area contributed by atoms with Crippen LogP contribution in [0, 0.1) is 5.92 Å². The summed E-state index contributed by atoms with van der Waals surface area (Å²) in [5.41, 5.74) is 1.41. The smallest absolute Gasteiger partial charge is 0.257 e. The van der Waals surface area contributed by atoms with Crippen LogP contribution in [0.25, 0.3) is 0 Å². The van der Waals surface area contributed by atoms with E-state index in [2.05, 4.69) is 21.7 Å². The summed E-state index contributed by atoms with van der Waals surface area (Å²) in [5.74, 6) is 1.21. The molecule has 122 valence electrons. The number of rotatable bonds is 2. The van der Waals surface area contributed by atoms with Gasteiger partial charge in [-0.15, -0.1) is 0 Å². The maximum absolute atomic E-state index is 12.4. The van der Waals surface area contributed by atoms with E-state index < -0.39 is 0 Å². The fourth-order valence-electron chi connectivity index (χ4n) is 3.31. The van der Waals surface area contributed by atoms with Crippen molar-refractivity contribution in [2.75, 3.05) is 18.8 Å². The van der Waals surface area contributed by atoms with E-state index in [1.54, 1.807) is 30.1 Å². The number of carbonyl (C=O) groups is 1. The van der Waals surface area contributed by atoms with Gasteiger partial charge < -0.3 is 10.6 Å². The van der Waals surface area contributed by atoms with Crippen LogP contribution in [0.1, 0.15) is 15.9 Å². The summed E-state index contributed by atoms with van der Waals surface area (Å²) in [6.45, 7) is 1.71. The van der Waals surface area contributed by atoms with Gasteiger partial charge in [0.1, 0.15) is 5.54 Å². The van der Waals surface area contributed by atoms with Crippen molar-refractivity contribution in [1.29, 1.82) is 0 Å². The third-order valence-corrected chi connectivity index (χ3v) is 5.64. The molecule has 6 heteroatoms. The number of thioether (sulfide) groups is 1. The highest BCUT2D eigenvalue weighted by molar-refractivity contribution is 8.13. The number of nitrogens with one attached hydrogen (secondary N) is 2. The van der Waals surface area contributed by atoms with Gasteiger partial charge in [-0.25, -0.2) is 4.99 Å². The van der Waals surface area contributed by atoms with Crippen LogP contribution in [-0.4, -0.2) is 34.9 Å². The molecule has 1 saturated heterocycles. The average molecular weight is 338 g/mol. The molecule has 0 saturated carbocycles. The highest BCUT2D eigenvalue weighted by Gasteiger charge is 2.47. The predicted octanol–water partition coefficient (Wildman–Crippen LogP) is 2.03. The van der Waals surface area contributed by atoms with E-state index in [4.69, 9.17) is 4.99 Å². The fourth-order valence-corrected chi connectivity index (χ4v) is 4.46. The Balaban J connectivity index is 1.64. The molecule has 2 aliphatic heterocycles. The third kappa shape index (κ3) is 2.72. The van der Waals surface area contributed by atoms with Gasteiger partial charge in [0, 0.05) is 42.7 Å². The molecule has 1 aromatic carbocycles. The van der Waals surface area contributed by atoms with Crippen LogP contribution in [0.3, 0.4) is 0 Å². The van der Waals surface area contributed by atoms with E-state index in [0.29, 0.717) is 16.6 Å². The van der Waals surface area contributed by atoms with Gasteiger partial charge in [-0.3, -0.25) is 9.78 Å². The molecular weight excluding hydrogens is 320 g/mol. The Morgan fingerprint density at radius 3 is 2.92 bits per heavy atom. The number of benzene rings is 1. The van der Waals surface area contributed by atoms with E-state index >= 15 is 0 Å². The Morgan fingerprint density at radius 2 is 2.12 bits per heavy atom. The van der Waals surface area contributed by atoms with Crippen LogP contribution in [0.15, 0.2) is 59.9 Å². The Hall–Kier alpha value is -2.18. The van der Waals surface area contributed by atoms with Gasteiger partial charge in [-0.2, -0.15) is 0 Å². The second-order valence-corrected chi connectivity index (χ2v) is 7.05. The third-order valence-electron chi connectivity index (χ3n) is 4.60. The molecule has 2 unspecified atom stereocenters. The minimum atomic E-state index is -0.335. The largest absolute Gasteiger partial charge is 0.314 e. The van der Waals surface area contributed by atoms with E-state index in [9.17, 15) is 4.79 Å². The maximum Gasteiger partial charge on any atom is 0.257 e. The van der Waals surface area contributed by atoms with Crippen molar-refractivity contribution in [3.8, 4) is 0 Å². The molecule has 4 rings (SSSR count). The zero-order valence-corrected chi connectivity index (χ0v) is 13.9. The number of hydrogen-bond acceptors (Lipinski definition) is 5. The molecule has 1 fully saturated rings. The van der Waals surface area contributed by atoms with Crippen LogP contribution in [0.2, 0.25) is 0 Å². The average Bonchev–Trinajstić information content (AvgIpc) is 3.07. The molecule has 2 atom stereocenters. The summed E-state index contributed by atoms with van der Waals surface area (Å²) >= 11 is 1.61. The van der Waals surface area contributed by atoms with E-state index in [1.165, 1.54) is 0 Å². The fraction of sp³-hybridized carbons (Fsp3) is 0.278. The first-order valence-corrected chi connectivity index (χ1v) is 8.97. The van der Waals surface area contributed by atoms with Crippen LogP contribution in [0.5, 0.6) is 0 Å². The zero-order chi connectivity index (χ0) is 16.4. The number of carbonyl (C=O) groups excluding carboxylic acids is 1. The number of aromatic nitrogens is 1. The van der Waals surface area contributed by atoms with Crippen molar-refractivity contribution in [3.63, 3.8) is 0 Å². The van der Waals surface area contributed by atoms with Crippen molar-refractivity contribution in [2.24, 2.45) is 10.9 Å². The highest BCUT2D eigenvalue weighted by Crippen LogP contribution is 2.42. The van der Waals surface area contributed by atoms with Gasteiger partial charge >= 0.3 is 0 Å². The molecule has 24 heavy (non-hydrogen) atoms. The monoisotopic (exact) mass is 338 g/mol. The van der Waals surface area contributed by atoms with Crippen LogP contribution in [-0.2, 0) is 5.54 Å². The molecule has 0 radical (unpaired) electrons. The second kappa shape index (κ2) is 6.37. The van der Waals surface area contributed by atoms with Gasteiger partial charge in [0.05, 0.1) is 0 Å². The molecule has 3 heterocycles. The Bertz CT molecular complexity index is 765. The SMILES string of the molecule is O=C(NC1=NC2(c3cccnc3)CNCC2CS1)c1ccccc1. The molecular formula is C18H18N4OS. The van der Waals surface area contributed by atoms with Gasteiger partial charge in [0.2, 0.25) is 0 Å². The lowest BCUT2D eigenvalue weighted by Gasteiger charge is -2.35. The maximum atomic E-state index is 12.4. The summed E-state index contributed by atoms with van der Waals surface area (Å²) in [7, 11) is 0. The van der Waals surface area contributed by atoms with Crippen molar-refractivity contribution in [2.45, 2.75) is 5.54 Å². The number of pyridine rings is 1.